The molecular weight excluding hydrogens is 135 g/mol. The van der Waals surface area contributed by atoms with Crippen LogP contribution in [0.5, 0.6) is 5.75 Å². The highest BCUT2D eigenvalue weighted by Gasteiger charge is 2.13. The van der Waals surface area contributed by atoms with Gasteiger partial charge in [0, 0.05) is 0 Å². The molecule has 1 aromatic rings. The zero-order valence-electron chi connectivity index (χ0n) is 7.26. The summed E-state index contributed by atoms with van der Waals surface area (Å²) in [5, 5.41) is 9.30. The second-order valence-corrected chi connectivity index (χ2v) is 3.80. The van der Waals surface area contributed by atoms with Gasteiger partial charge in [-0.25, -0.2) is 0 Å². The van der Waals surface area contributed by atoms with Crippen LogP contribution in [0.1, 0.15) is 19.4 Å². The molecule has 0 atom stereocenters. The zero-order chi connectivity index (χ0) is 8.48. The summed E-state index contributed by atoms with van der Waals surface area (Å²) in [4.78, 5) is 0. The van der Waals surface area contributed by atoms with Crippen molar-refractivity contribution in [2.24, 2.45) is 0 Å². The Hall–Kier alpha value is -0.915. The highest BCUT2D eigenvalue weighted by Crippen LogP contribution is 2.22. The average molecular weight is 148 g/mol. The Morgan fingerprint density at radius 1 is 1.36 bits per heavy atom. The molecule has 0 saturated carbocycles. The molecule has 0 fully saturated rings. The van der Waals surface area contributed by atoms with Crippen LogP contribution in [0.4, 0.5) is 0 Å². The van der Waals surface area contributed by atoms with Crippen LogP contribution in [0, 0.1) is 0 Å². The van der Waals surface area contributed by atoms with Crippen LogP contribution < -0.4 is 0 Å². The smallest absolute Gasteiger partial charge is 0.115 e. The molecular formula is C9H13BO. The van der Waals surface area contributed by atoms with Crippen molar-refractivity contribution in [2.75, 3.05) is 0 Å². The monoisotopic (exact) mass is 148 g/mol. The molecule has 0 bridgehead atoms. The van der Waals surface area contributed by atoms with Crippen molar-refractivity contribution >= 4 is 7.85 Å². The van der Waals surface area contributed by atoms with Crippen LogP contribution in [0.3, 0.4) is 0 Å². The third-order valence-electron chi connectivity index (χ3n) is 1.71. The first-order valence-corrected chi connectivity index (χ1v) is 3.79. The van der Waals surface area contributed by atoms with Crippen molar-refractivity contribution in [3.05, 3.63) is 29.8 Å². The van der Waals surface area contributed by atoms with Gasteiger partial charge in [0.25, 0.3) is 0 Å². The van der Waals surface area contributed by atoms with Crippen molar-refractivity contribution in [1.82, 2.24) is 0 Å². The standard InChI is InChI=1S/C9H13BO/c1-9(2,10)7-4-3-5-8(11)6-7/h3-6,11H,10H2,1-2H3. The van der Waals surface area contributed by atoms with E-state index in [1.165, 1.54) is 0 Å². The van der Waals surface area contributed by atoms with E-state index in [9.17, 15) is 5.11 Å². The summed E-state index contributed by atoms with van der Waals surface area (Å²) < 4.78 is 0. The van der Waals surface area contributed by atoms with Gasteiger partial charge in [-0.1, -0.05) is 26.0 Å². The molecule has 0 aliphatic carbocycles. The summed E-state index contributed by atoms with van der Waals surface area (Å²) in [5.41, 5.74) is 1.16. The second kappa shape index (κ2) is 2.61. The lowest BCUT2D eigenvalue weighted by atomic mass is 9.67. The minimum Gasteiger partial charge on any atom is -0.508 e. The fraction of sp³-hybridized carbons (Fsp3) is 0.333. The first-order chi connectivity index (χ1) is 5.00. The molecule has 58 valence electrons. The number of hydrogen-bond donors (Lipinski definition) is 1. The topological polar surface area (TPSA) is 20.2 Å². The van der Waals surface area contributed by atoms with E-state index in [2.05, 4.69) is 21.7 Å². The largest absolute Gasteiger partial charge is 0.508 e. The molecule has 1 rings (SSSR count). The second-order valence-electron chi connectivity index (χ2n) is 3.80. The highest BCUT2D eigenvalue weighted by atomic mass is 16.3. The Labute approximate surface area is 68.5 Å². The van der Waals surface area contributed by atoms with Crippen molar-refractivity contribution in [3.63, 3.8) is 0 Å². The Morgan fingerprint density at radius 2 is 2.00 bits per heavy atom. The van der Waals surface area contributed by atoms with Crippen LogP contribution >= 0.6 is 0 Å². The molecule has 0 aliphatic rings. The van der Waals surface area contributed by atoms with E-state index in [1.54, 1.807) is 12.1 Å². The summed E-state index contributed by atoms with van der Waals surface area (Å²) in [6, 6.07) is 7.39. The van der Waals surface area contributed by atoms with Gasteiger partial charge in [0.2, 0.25) is 0 Å². The molecule has 11 heavy (non-hydrogen) atoms. The van der Waals surface area contributed by atoms with E-state index < -0.39 is 0 Å². The van der Waals surface area contributed by atoms with E-state index in [1.807, 2.05) is 12.1 Å². The lowest BCUT2D eigenvalue weighted by Gasteiger charge is -2.18. The van der Waals surface area contributed by atoms with Gasteiger partial charge in [0.15, 0.2) is 0 Å². The van der Waals surface area contributed by atoms with E-state index in [0.29, 0.717) is 5.75 Å². The highest BCUT2D eigenvalue weighted by molar-refractivity contribution is 6.15. The molecule has 0 aliphatic heterocycles. The summed E-state index contributed by atoms with van der Waals surface area (Å²) in [7, 11) is 2.13. The Bertz CT molecular complexity index is 250. The van der Waals surface area contributed by atoms with E-state index in [-0.39, 0.29) is 5.31 Å². The van der Waals surface area contributed by atoms with Crippen molar-refractivity contribution in [3.8, 4) is 5.75 Å². The molecule has 0 heterocycles. The van der Waals surface area contributed by atoms with Gasteiger partial charge in [0.1, 0.15) is 13.6 Å². The summed E-state index contributed by atoms with van der Waals surface area (Å²) in [6.07, 6.45) is 0. The number of rotatable bonds is 1. The number of benzene rings is 1. The third-order valence-corrected chi connectivity index (χ3v) is 1.71. The fourth-order valence-electron chi connectivity index (χ4n) is 0.972. The van der Waals surface area contributed by atoms with Gasteiger partial charge in [-0.05, 0) is 23.0 Å². The first-order valence-electron chi connectivity index (χ1n) is 3.79. The van der Waals surface area contributed by atoms with Crippen LogP contribution in [-0.4, -0.2) is 13.0 Å². The lowest BCUT2D eigenvalue weighted by Crippen LogP contribution is -2.15. The van der Waals surface area contributed by atoms with Crippen LogP contribution in [-0.2, 0) is 5.31 Å². The average Bonchev–Trinajstić information content (AvgIpc) is 1.86. The molecule has 1 nitrogen and oxygen atoms in total. The van der Waals surface area contributed by atoms with Gasteiger partial charge in [-0.2, -0.15) is 0 Å². The molecule has 2 heteroatoms. The van der Waals surface area contributed by atoms with Crippen molar-refractivity contribution in [2.45, 2.75) is 19.2 Å². The van der Waals surface area contributed by atoms with Crippen molar-refractivity contribution in [1.29, 1.82) is 0 Å². The van der Waals surface area contributed by atoms with Gasteiger partial charge >= 0.3 is 0 Å². The maximum atomic E-state index is 9.18. The Kier molecular flexibility index (Phi) is 1.94. The Balaban J connectivity index is 3.06. The van der Waals surface area contributed by atoms with Crippen LogP contribution in [0.2, 0.25) is 0 Å². The van der Waals surface area contributed by atoms with E-state index in [0.717, 1.165) is 5.56 Å². The van der Waals surface area contributed by atoms with Gasteiger partial charge in [0.05, 0.1) is 0 Å². The zero-order valence-corrected chi connectivity index (χ0v) is 7.26. The number of hydrogen-bond acceptors (Lipinski definition) is 1. The summed E-state index contributed by atoms with van der Waals surface area (Å²) in [6.45, 7) is 4.25. The summed E-state index contributed by atoms with van der Waals surface area (Å²) in [5.74, 6) is 0.345. The molecule has 0 aromatic heterocycles. The van der Waals surface area contributed by atoms with Crippen LogP contribution in [0.25, 0.3) is 0 Å². The minimum atomic E-state index is 0.124. The molecule has 1 N–H and O–H groups in total. The van der Waals surface area contributed by atoms with Crippen molar-refractivity contribution < 1.29 is 5.11 Å². The van der Waals surface area contributed by atoms with Gasteiger partial charge in [-0.15, -0.1) is 0 Å². The molecule has 0 amide bonds. The normalized spacial score (nSPS) is 11.5. The predicted octanol–water partition coefficient (Wildman–Crippen LogP) is 1.26. The van der Waals surface area contributed by atoms with E-state index >= 15 is 0 Å². The quantitative estimate of drug-likeness (QED) is 0.594. The molecule has 0 spiro atoms. The van der Waals surface area contributed by atoms with E-state index in [4.69, 9.17) is 0 Å². The summed E-state index contributed by atoms with van der Waals surface area (Å²) >= 11 is 0. The van der Waals surface area contributed by atoms with Gasteiger partial charge < -0.3 is 5.11 Å². The van der Waals surface area contributed by atoms with Crippen LogP contribution in [0.15, 0.2) is 24.3 Å². The fourth-order valence-corrected chi connectivity index (χ4v) is 0.972. The maximum absolute atomic E-state index is 9.18. The number of phenols is 1. The first kappa shape index (κ1) is 8.18. The third kappa shape index (κ3) is 2.00. The molecule has 0 unspecified atom stereocenters. The molecule has 0 radical (unpaired) electrons. The maximum Gasteiger partial charge on any atom is 0.115 e. The minimum absolute atomic E-state index is 0.124. The molecule has 0 saturated heterocycles. The lowest BCUT2D eigenvalue weighted by molar-refractivity contribution is 0.473. The van der Waals surface area contributed by atoms with Gasteiger partial charge in [-0.3, -0.25) is 0 Å². The number of aromatic hydroxyl groups is 1. The molecule has 1 aromatic carbocycles. The predicted molar refractivity (Wildman–Crippen MR) is 49.7 cm³/mol. The SMILES string of the molecule is BC(C)(C)c1cccc(O)c1. The number of phenolic OH excluding ortho intramolecular Hbond substituents is 1. The Morgan fingerprint density at radius 3 is 2.36 bits per heavy atom.